The molecule has 1 amide bonds. The second kappa shape index (κ2) is 12.1. The number of H-pyrrole nitrogens is 1. The van der Waals surface area contributed by atoms with Crippen LogP contribution in [-0.2, 0) is 27.0 Å². The van der Waals surface area contributed by atoms with Gasteiger partial charge in [0.2, 0.25) is 13.3 Å². The number of hydrogen-bond donors (Lipinski definition) is 3. The fourth-order valence-corrected chi connectivity index (χ4v) is 6.47. The van der Waals surface area contributed by atoms with Crippen LogP contribution in [0, 0.1) is 5.92 Å². The molecule has 180 valence electrons. The summed E-state index contributed by atoms with van der Waals surface area (Å²) in [7, 11) is -3.52. The summed E-state index contributed by atoms with van der Waals surface area (Å²) in [6.07, 6.45) is 8.52. The number of carboxylic acids is 1. The number of aromatic amines is 1. The van der Waals surface area contributed by atoms with Crippen LogP contribution in [0.25, 0.3) is 0 Å². The third-order valence-electron chi connectivity index (χ3n) is 6.28. The van der Waals surface area contributed by atoms with E-state index in [0.29, 0.717) is 45.1 Å². The van der Waals surface area contributed by atoms with Gasteiger partial charge in [-0.2, -0.15) is 0 Å². The second-order valence-electron chi connectivity index (χ2n) is 8.87. The van der Waals surface area contributed by atoms with Gasteiger partial charge in [-0.3, -0.25) is 9.36 Å². The third-order valence-corrected chi connectivity index (χ3v) is 8.31. The summed E-state index contributed by atoms with van der Waals surface area (Å²) in [4.78, 5) is 44.0. The molecule has 0 aliphatic carbocycles. The van der Waals surface area contributed by atoms with Crippen molar-refractivity contribution in [3.8, 4) is 0 Å². The van der Waals surface area contributed by atoms with Crippen molar-refractivity contribution in [3.05, 3.63) is 54.1 Å². The molecule has 3 atom stereocenters. The average molecular weight is 476 g/mol. The van der Waals surface area contributed by atoms with Crippen LogP contribution in [0.4, 0.5) is 0 Å². The Kier molecular flexibility index (Phi) is 9.27. The number of hydrogen-bond acceptors (Lipinski definition) is 4. The summed E-state index contributed by atoms with van der Waals surface area (Å²) < 4.78 is 13.0. The number of aliphatic carboxylic acids is 1. The number of aromatic nitrogens is 2. The van der Waals surface area contributed by atoms with E-state index >= 15 is 0 Å². The highest BCUT2D eigenvalue weighted by Gasteiger charge is 2.38. The molecule has 2 unspecified atom stereocenters. The third kappa shape index (κ3) is 7.83. The molecule has 0 bridgehead atoms. The number of nitrogens with zero attached hydrogens (tertiary/aromatic N) is 2. The Morgan fingerprint density at radius 1 is 1.18 bits per heavy atom. The number of nitrogens with one attached hydrogen (secondary N) is 1. The van der Waals surface area contributed by atoms with Gasteiger partial charge in [0.05, 0.1) is 12.0 Å². The number of carboxylic acid groups (broad SMARTS) is 1. The van der Waals surface area contributed by atoms with Crippen molar-refractivity contribution in [3.63, 3.8) is 0 Å². The average Bonchev–Trinajstić information content (AvgIpc) is 3.48. The van der Waals surface area contributed by atoms with Crippen molar-refractivity contribution in [1.29, 1.82) is 0 Å². The maximum Gasteiger partial charge on any atom is 0.326 e. The molecule has 1 fully saturated rings. The first-order valence-electron chi connectivity index (χ1n) is 11.7. The Hall–Kier alpha value is -2.44. The molecule has 0 radical (unpaired) electrons. The van der Waals surface area contributed by atoms with Crippen LogP contribution in [0.5, 0.6) is 0 Å². The number of amides is 1. The van der Waals surface area contributed by atoms with Crippen LogP contribution in [0.2, 0.25) is 0 Å². The topological polar surface area (TPSA) is 124 Å². The zero-order chi connectivity index (χ0) is 23.7. The molecule has 9 heteroatoms. The summed E-state index contributed by atoms with van der Waals surface area (Å²) in [5.41, 5.74) is 2.07. The van der Waals surface area contributed by atoms with Gasteiger partial charge in [0.1, 0.15) is 6.04 Å². The van der Waals surface area contributed by atoms with E-state index in [2.05, 4.69) is 9.97 Å². The highest BCUT2D eigenvalue weighted by atomic mass is 31.2. The van der Waals surface area contributed by atoms with Crippen molar-refractivity contribution < 1.29 is 24.2 Å². The lowest BCUT2D eigenvalue weighted by Gasteiger charge is -2.28. The summed E-state index contributed by atoms with van der Waals surface area (Å²) in [6, 6.07) is 9.17. The van der Waals surface area contributed by atoms with Crippen LogP contribution in [-0.4, -0.2) is 61.7 Å². The number of carbonyl (C=O) groups excluding carboxylic acids is 1. The molecule has 1 aromatic heterocycles. The van der Waals surface area contributed by atoms with Gasteiger partial charge >= 0.3 is 5.97 Å². The first kappa shape index (κ1) is 25.2. The minimum Gasteiger partial charge on any atom is -0.480 e. The summed E-state index contributed by atoms with van der Waals surface area (Å²) in [5.74, 6) is -1.97. The summed E-state index contributed by atoms with van der Waals surface area (Å²) in [6.45, 7) is 0.387. The largest absolute Gasteiger partial charge is 0.480 e. The van der Waals surface area contributed by atoms with Crippen molar-refractivity contribution in [2.24, 2.45) is 5.92 Å². The zero-order valence-electron chi connectivity index (χ0n) is 18.9. The number of rotatable bonds is 13. The zero-order valence-corrected chi connectivity index (χ0v) is 19.8. The minimum absolute atomic E-state index is 0.0967. The lowest BCUT2D eigenvalue weighted by atomic mass is 10.0. The van der Waals surface area contributed by atoms with E-state index in [1.165, 1.54) is 10.5 Å². The van der Waals surface area contributed by atoms with Crippen LogP contribution >= 0.6 is 7.37 Å². The van der Waals surface area contributed by atoms with Gasteiger partial charge in [0, 0.05) is 31.0 Å². The van der Waals surface area contributed by atoms with Crippen molar-refractivity contribution >= 4 is 19.2 Å². The molecule has 2 heterocycles. The van der Waals surface area contributed by atoms with Gasteiger partial charge in [-0.1, -0.05) is 30.3 Å². The highest BCUT2D eigenvalue weighted by molar-refractivity contribution is 7.58. The fraction of sp³-hybridized carbons (Fsp3) is 0.542. The number of imidazole rings is 1. The molecule has 3 N–H and O–H groups in total. The Balaban J connectivity index is 1.58. The Morgan fingerprint density at radius 3 is 2.67 bits per heavy atom. The predicted octanol–water partition coefficient (Wildman–Crippen LogP) is 3.72. The lowest BCUT2D eigenvalue weighted by molar-refractivity contribution is -0.149. The second-order valence-corrected chi connectivity index (χ2v) is 11.4. The standard InChI is InChI=1S/C24H34N3O5P/c28-23(27-14-7-13-22(27)24(29)30)20(11-6-12-21-16-25-18-26-21)17-33(31,32)15-5-4-10-19-8-2-1-3-9-19/h1-3,8-9,16,18,20,22H,4-7,10-15,17H2,(H,25,26)(H,29,30)(H,31,32)/t20?,22-/m0/s1. The molecular formula is C24H34N3O5P. The molecule has 2 aromatic rings. The molecule has 8 nitrogen and oxygen atoms in total. The maximum atomic E-state index is 13.3. The van der Waals surface area contributed by atoms with Crippen molar-refractivity contribution in [2.45, 2.75) is 57.4 Å². The quantitative estimate of drug-likeness (QED) is 0.300. The van der Waals surface area contributed by atoms with E-state index < -0.39 is 25.3 Å². The van der Waals surface area contributed by atoms with Crippen LogP contribution < -0.4 is 0 Å². The molecule has 1 aliphatic heterocycles. The van der Waals surface area contributed by atoms with E-state index in [1.807, 2.05) is 30.3 Å². The van der Waals surface area contributed by atoms with E-state index in [1.54, 1.807) is 12.5 Å². The van der Waals surface area contributed by atoms with Crippen LogP contribution in [0.1, 0.15) is 49.8 Å². The Morgan fingerprint density at radius 2 is 1.97 bits per heavy atom. The molecule has 0 spiro atoms. The molecule has 3 rings (SSSR count). The van der Waals surface area contributed by atoms with Crippen molar-refractivity contribution in [2.75, 3.05) is 18.9 Å². The maximum absolute atomic E-state index is 13.3. The van der Waals surface area contributed by atoms with Crippen LogP contribution in [0.15, 0.2) is 42.9 Å². The monoisotopic (exact) mass is 475 g/mol. The smallest absolute Gasteiger partial charge is 0.326 e. The van der Waals surface area contributed by atoms with E-state index in [0.717, 1.165) is 18.5 Å². The van der Waals surface area contributed by atoms with Crippen LogP contribution in [0.3, 0.4) is 0 Å². The normalized spacial score (nSPS) is 18.7. The number of unbranched alkanes of at least 4 members (excludes halogenated alkanes) is 1. The van der Waals surface area contributed by atoms with E-state index in [4.69, 9.17) is 0 Å². The summed E-state index contributed by atoms with van der Waals surface area (Å²) in [5, 5.41) is 9.48. The number of aryl methyl sites for hydroxylation is 2. The molecule has 1 saturated heterocycles. The first-order chi connectivity index (χ1) is 15.9. The Bertz CT molecular complexity index is 935. The molecular weight excluding hydrogens is 441 g/mol. The van der Waals surface area contributed by atoms with Gasteiger partial charge in [-0.05, 0) is 56.9 Å². The van der Waals surface area contributed by atoms with Crippen molar-refractivity contribution in [1.82, 2.24) is 14.9 Å². The molecule has 33 heavy (non-hydrogen) atoms. The van der Waals surface area contributed by atoms with E-state index in [9.17, 15) is 24.2 Å². The predicted molar refractivity (Wildman–Crippen MR) is 126 cm³/mol. The number of benzene rings is 1. The minimum atomic E-state index is -3.52. The lowest BCUT2D eigenvalue weighted by Crippen LogP contribution is -2.44. The molecule has 1 aromatic carbocycles. The van der Waals surface area contributed by atoms with Gasteiger partial charge in [0.15, 0.2) is 0 Å². The first-order valence-corrected chi connectivity index (χ1v) is 13.7. The fourth-order valence-electron chi connectivity index (χ4n) is 4.54. The number of carbonyl (C=O) groups is 2. The number of likely N-dealkylation sites (tertiary alicyclic amines) is 1. The highest BCUT2D eigenvalue weighted by Crippen LogP contribution is 2.45. The van der Waals surface area contributed by atoms with Gasteiger partial charge < -0.3 is 19.9 Å². The van der Waals surface area contributed by atoms with Gasteiger partial charge in [0.25, 0.3) is 0 Å². The SMILES string of the molecule is O=C(O)[C@@H]1CCCN1C(=O)C(CCCc1c[nH]cn1)CP(=O)(O)CCCCc1ccccc1. The van der Waals surface area contributed by atoms with E-state index in [-0.39, 0.29) is 18.2 Å². The molecule has 1 aliphatic rings. The summed E-state index contributed by atoms with van der Waals surface area (Å²) >= 11 is 0. The molecule has 0 saturated carbocycles. The Labute approximate surface area is 194 Å². The van der Waals surface area contributed by atoms with Gasteiger partial charge in [-0.15, -0.1) is 0 Å². The van der Waals surface area contributed by atoms with Gasteiger partial charge in [-0.25, -0.2) is 9.78 Å².